The van der Waals surface area contributed by atoms with Gasteiger partial charge < -0.3 is 16.0 Å². The van der Waals surface area contributed by atoms with Gasteiger partial charge in [0.2, 0.25) is 11.8 Å². The third-order valence-electron chi connectivity index (χ3n) is 4.50. The van der Waals surface area contributed by atoms with Crippen molar-refractivity contribution in [2.24, 2.45) is 11.7 Å². The predicted octanol–water partition coefficient (Wildman–Crippen LogP) is 0.888. The zero-order valence-corrected chi connectivity index (χ0v) is 13.2. The van der Waals surface area contributed by atoms with Gasteiger partial charge >= 0.3 is 0 Å². The van der Waals surface area contributed by atoms with E-state index < -0.39 is 0 Å². The minimum Gasteiger partial charge on any atom is -0.356 e. The maximum Gasteiger partial charge on any atom is 0.226 e. The Morgan fingerprint density at radius 3 is 2.64 bits per heavy atom. The maximum absolute atomic E-state index is 12.6. The summed E-state index contributed by atoms with van der Waals surface area (Å²) in [7, 11) is 0. The number of rotatable bonds is 2. The summed E-state index contributed by atoms with van der Waals surface area (Å²) < 4.78 is 0. The highest BCUT2D eigenvalue weighted by molar-refractivity contribution is 5.87. The summed E-state index contributed by atoms with van der Waals surface area (Å²) in [6.45, 7) is 1.83. The van der Waals surface area contributed by atoms with E-state index in [2.05, 4.69) is 17.4 Å². The smallest absolute Gasteiger partial charge is 0.226 e. The molecule has 1 unspecified atom stereocenters. The Morgan fingerprint density at radius 2 is 1.95 bits per heavy atom. The molecule has 120 valence electrons. The fraction of sp³-hybridized carbons (Fsp3) is 0.500. The molecule has 0 radical (unpaired) electrons. The summed E-state index contributed by atoms with van der Waals surface area (Å²) in [6.07, 6.45) is 1.03. The van der Waals surface area contributed by atoms with Gasteiger partial charge in [-0.3, -0.25) is 9.59 Å². The second-order valence-electron chi connectivity index (χ2n) is 5.96. The Hall–Kier alpha value is -1.59. The second kappa shape index (κ2) is 7.11. The van der Waals surface area contributed by atoms with Crippen LogP contribution in [-0.2, 0) is 9.59 Å². The molecule has 0 aromatic heterocycles. The van der Waals surface area contributed by atoms with Crippen molar-refractivity contribution in [1.29, 1.82) is 0 Å². The number of likely N-dealkylation sites (tertiary alicyclic amines) is 1. The van der Waals surface area contributed by atoms with Crippen LogP contribution in [-0.4, -0.2) is 42.4 Å². The average molecular weight is 324 g/mol. The van der Waals surface area contributed by atoms with Gasteiger partial charge in [-0.05, 0) is 12.0 Å². The Balaban J connectivity index is 0.00000176. The van der Waals surface area contributed by atoms with E-state index in [4.69, 9.17) is 5.73 Å². The fourth-order valence-electron chi connectivity index (χ4n) is 3.31. The van der Waals surface area contributed by atoms with Crippen molar-refractivity contribution in [3.8, 4) is 0 Å². The van der Waals surface area contributed by atoms with Crippen molar-refractivity contribution in [3.63, 3.8) is 0 Å². The summed E-state index contributed by atoms with van der Waals surface area (Å²) in [5, 5.41) is 2.77. The molecule has 2 fully saturated rings. The molecular weight excluding hydrogens is 302 g/mol. The number of hydrogen-bond acceptors (Lipinski definition) is 3. The lowest BCUT2D eigenvalue weighted by molar-refractivity contribution is -0.139. The SMILES string of the molecule is Cl.N[C@@H]1CN(C(=O)C2CCNC(=O)C2)C[C@H]1c1ccccc1. The predicted molar refractivity (Wildman–Crippen MR) is 86.7 cm³/mol. The number of halogens is 1. The normalized spacial score (nSPS) is 28.0. The van der Waals surface area contributed by atoms with E-state index in [1.165, 1.54) is 5.56 Å². The molecule has 0 bridgehead atoms. The molecule has 2 amide bonds. The Kier molecular flexibility index (Phi) is 5.42. The average Bonchev–Trinajstić information content (AvgIpc) is 2.89. The minimum absolute atomic E-state index is 0. The molecule has 6 heteroatoms. The van der Waals surface area contributed by atoms with Crippen LogP contribution in [0.25, 0.3) is 0 Å². The van der Waals surface area contributed by atoms with E-state index in [1.807, 2.05) is 23.1 Å². The topological polar surface area (TPSA) is 75.4 Å². The number of nitrogens with zero attached hydrogens (tertiary/aromatic N) is 1. The Bertz CT molecular complexity index is 537. The van der Waals surface area contributed by atoms with Gasteiger partial charge in [-0.1, -0.05) is 30.3 Å². The van der Waals surface area contributed by atoms with Crippen LogP contribution in [0.3, 0.4) is 0 Å². The number of amides is 2. The molecule has 0 aliphatic carbocycles. The van der Waals surface area contributed by atoms with E-state index >= 15 is 0 Å². The van der Waals surface area contributed by atoms with Crippen LogP contribution in [0.2, 0.25) is 0 Å². The number of carbonyl (C=O) groups excluding carboxylic acids is 2. The van der Waals surface area contributed by atoms with Gasteiger partial charge in [0.15, 0.2) is 0 Å². The molecule has 3 atom stereocenters. The van der Waals surface area contributed by atoms with Gasteiger partial charge in [0.1, 0.15) is 0 Å². The quantitative estimate of drug-likeness (QED) is 0.848. The van der Waals surface area contributed by atoms with E-state index in [9.17, 15) is 9.59 Å². The second-order valence-corrected chi connectivity index (χ2v) is 5.96. The lowest BCUT2D eigenvalue weighted by atomic mass is 9.95. The first-order valence-corrected chi connectivity index (χ1v) is 7.51. The molecule has 2 heterocycles. The van der Waals surface area contributed by atoms with Crippen molar-refractivity contribution < 1.29 is 9.59 Å². The van der Waals surface area contributed by atoms with Crippen LogP contribution in [0, 0.1) is 5.92 Å². The van der Waals surface area contributed by atoms with Crippen LogP contribution >= 0.6 is 12.4 Å². The molecule has 0 saturated carbocycles. The molecule has 3 rings (SSSR count). The highest BCUT2D eigenvalue weighted by Crippen LogP contribution is 2.28. The van der Waals surface area contributed by atoms with Crippen molar-refractivity contribution in [3.05, 3.63) is 35.9 Å². The zero-order chi connectivity index (χ0) is 14.8. The molecule has 5 nitrogen and oxygen atoms in total. The first kappa shape index (κ1) is 16.8. The van der Waals surface area contributed by atoms with Crippen LogP contribution in [0.1, 0.15) is 24.3 Å². The minimum atomic E-state index is -0.180. The van der Waals surface area contributed by atoms with Crippen LogP contribution in [0.5, 0.6) is 0 Å². The number of carbonyl (C=O) groups is 2. The number of nitrogens with two attached hydrogens (primary N) is 1. The molecule has 0 spiro atoms. The lowest BCUT2D eigenvalue weighted by Gasteiger charge is -2.26. The lowest BCUT2D eigenvalue weighted by Crippen LogP contribution is -2.43. The van der Waals surface area contributed by atoms with Crippen LogP contribution in [0.15, 0.2) is 30.3 Å². The van der Waals surface area contributed by atoms with Crippen molar-refractivity contribution in [2.75, 3.05) is 19.6 Å². The monoisotopic (exact) mass is 323 g/mol. The van der Waals surface area contributed by atoms with Gasteiger partial charge in [0.25, 0.3) is 0 Å². The highest BCUT2D eigenvalue weighted by atomic mass is 35.5. The van der Waals surface area contributed by atoms with Crippen molar-refractivity contribution in [1.82, 2.24) is 10.2 Å². The van der Waals surface area contributed by atoms with E-state index in [0.717, 1.165) is 6.42 Å². The van der Waals surface area contributed by atoms with E-state index in [-0.39, 0.29) is 42.1 Å². The number of benzene rings is 1. The molecule has 2 saturated heterocycles. The van der Waals surface area contributed by atoms with Gasteiger partial charge in [-0.25, -0.2) is 0 Å². The molecule has 2 aliphatic heterocycles. The molecule has 1 aromatic rings. The summed E-state index contributed by atoms with van der Waals surface area (Å²) in [5.74, 6) is 0.0643. The summed E-state index contributed by atoms with van der Waals surface area (Å²) in [6, 6.07) is 10.1. The number of nitrogens with one attached hydrogen (secondary N) is 1. The third-order valence-corrected chi connectivity index (χ3v) is 4.50. The molecule has 22 heavy (non-hydrogen) atoms. The van der Waals surface area contributed by atoms with Gasteiger partial charge in [0.05, 0.1) is 0 Å². The first-order valence-electron chi connectivity index (χ1n) is 7.51. The van der Waals surface area contributed by atoms with Gasteiger partial charge in [-0.15, -0.1) is 12.4 Å². The van der Waals surface area contributed by atoms with Gasteiger partial charge in [0, 0.05) is 43.9 Å². The van der Waals surface area contributed by atoms with Crippen molar-refractivity contribution >= 4 is 24.2 Å². The maximum atomic E-state index is 12.6. The summed E-state index contributed by atoms with van der Waals surface area (Å²) in [5.41, 5.74) is 7.40. The Labute approximate surface area is 136 Å². The fourth-order valence-corrected chi connectivity index (χ4v) is 3.31. The van der Waals surface area contributed by atoms with E-state index in [0.29, 0.717) is 26.1 Å². The van der Waals surface area contributed by atoms with Crippen molar-refractivity contribution in [2.45, 2.75) is 24.8 Å². The van der Waals surface area contributed by atoms with Crippen LogP contribution in [0.4, 0.5) is 0 Å². The number of piperidine rings is 1. The molecule has 2 aliphatic rings. The Morgan fingerprint density at radius 1 is 1.23 bits per heavy atom. The number of hydrogen-bond donors (Lipinski definition) is 2. The zero-order valence-electron chi connectivity index (χ0n) is 12.4. The first-order chi connectivity index (χ1) is 10.1. The molecule has 3 N–H and O–H groups in total. The largest absolute Gasteiger partial charge is 0.356 e. The summed E-state index contributed by atoms with van der Waals surface area (Å²) in [4.78, 5) is 25.8. The van der Waals surface area contributed by atoms with Gasteiger partial charge in [-0.2, -0.15) is 0 Å². The molecular formula is C16H22ClN3O2. The molecule has 1 aromatic carbocycles. The van der Waals surface area contributed by atoms with Crippen LogP contribution < -0.4 is 11.1 Å². The standard InChI is InChI=1S/C16H21N3O2.ClH/c17-14-10-19(9-13(14)11-4-2-1-3-5-11)16(21)12-6-7-18-15(20)8-12;/h1-5,12-14H,6-10,17H2,(H,18,20);1H/t12?,13-,14+;/m0./s1. The third kappa shape index (κ3) is 3.42. The highest BCUT2D eigenvalue weighted by Gasteiger charge is 2.37. The summed E-state index contributed by atoms with van der Waals surface area (Å²) >= 11 is 0. The van der Waals surface area contributed by atoms with E-state index in [1.54, 1.807) is 0 Å².